The summed E-state index contributed by atoms with van der Waals surface area (Å²) in [6.45, 7) is 5.40. The lowest BCUT2D eigenvalue weighted by atomic mass is 10.00. The predicted octanol–water partition coefficient (Wildman–Crippen LogP) is 3.56. The maximum atomic E-state index is 14.1. The third-order valence-corrected chi connectivity index (χ3v) is 6.13. The van der Waals surface area contributed by atoms with E-state index in [1.807, 2.05) is 39.0 Å². The second-order valence-electron chi connectivity index (χ2n) is 10.1. The van der Waals surface area contributed by atoms with E-state index in [-0.39, 0.29) is 24.8 Å². The Labute approximate surface area is 224 Å². The quantitative estimate of drug-likeness (QED) is 0.371. The lowest BCUT2D eigenvalue weighted by Crippen LogP contribution is -2.50. The average molecular weight is 532 g/mol. The summed E-state index contributed by atoms with van der Waals surface area (Å²) < 4.78 is 17.7. The van der Waals surface area contributed by atoms with Gasteiger partial charge in [-0.1, -0.05) is 23.4 Å². The molecule has 1 aliphatic heterocycles. The highest BCUT2D eigenvalue weighted by atomic mass is 16.7. The Hall–Kier alpha value is -4.80. The smallest absolute Gasteiger partial charge is 0.249 e. The number of nitrogens with one attached hydrogen (secondary N) is 1. The Morgan fingerprint density at radius 1 is 1.10 bits per heavy atom. The molecule has 0 aliphatic carbocycles. The van der Waals surface area contributed by atoms with Gasteiger partial charge in [-0.2, -0.15) is 0 Å². The van der Waals surface area contributed by atoms with Crippen molar-refractivity contribution < 1.29 is 28.9 Å². The lowest BCUT2D eigenvalue weighted by molar-refractivity contribution is -0.128. The van der Waals surface area contributed by atoms with E-state index >= 15 is 0 Å². The Kier molecular flexibility index (Phi) is 6.73. The van der Waals surface area contributed by atoms with E-state index in [0.29, 0.717) is 33.8 Å². The van der Waals surface area contributed by atoms with Gasteiger partial charge in [-0.05, 0) is 62.7 Å². The van der Waals surface area contributed by atoms with Crippen LogP contribution in [0.4, 0.5) is 5.69 Å². The number of benzene rings is 3. The number of amides is 2. The Morgan fingerprint density at radius 3 is 2.62 bits per heavy atom. The monoisotopic (exact) mass is 531 g/mol. The topological polar surface area (TPSA) is 128 Å². The standard InChI is InChI=1S/C28H29N5O6/c1-28(2,3)29-27(36)26(17-9-11-22(37-4)21(34)13-17)33(18-10-12-23-24(14-18)39-16-38-23)25(35)15-32-20-8-6-5-7-19(20)30-31-32/h5-14,26,34H,15-16H2,1-4H3,(H,29,36)/t26-/m1/s1. The zero-order valence-corrected chi connectivity index (χ0v) is 22.0. The lowest BCUT2D eigenvalue weighted by Gasteiger charge is -2.34. The number of hydrogen-bond donors (Lipinski definition) is 2. The number of phenols is 1. The minimum Gasteiger partial charge on any atom is -0.504 e. The van der Waals surface area contributed by atoms with Gasteiger partial charge in [0.25, 0.3) is 0 Å². The van der Waals surface area contributed by atoms with Crippen LogP contribution in [0.5, 0.6) is 23.0 Å². The molecule has 2 heterocycles. The molecule has 0 spiro atoms. The fraction of sp³-hybridized carbons (Fsp3) is 0.286. The van der Waals surface area contributed by atoms with E-state index < -0.39 is 23.4 Å². The van der Waals surface area contributed by atoms with Gasteiger partial charge in [0.1, 0.15) is 18.1 Å². The molecule has 0 saturated heterocycles. The average Bonchev–Trinajstić information content (AvgIpc) is 3.52. The third-order valence-electron chi connectivity index (χ3n) is 6.13. The number of ether oxygens (including phenoxy) is 3. The third kappa shape index (κ3) is 5.28. The maximum absolute atomic E-state index is 14.1. The van der Waals surface area contributed by atoms with Gasteiger partial charge in [-0.3, -0.25) is 14.5 Å². The van der Waals surface area contributed by atoms with Crippen LogP contribution in [-0.4, -0.2) is 51.4 Å². The summed E-state index contributed by atoms with van der Waals surface area (Å²) in [7, 11) is 1.43. The van der Waals surface area contributed by atoms with Crippen LogP contribution in [-0.2, 0) is 16.1 Å². The molecule has 0 fully saturated rings. The molecule has 39 heavy (non-hydrogen) atoms. The Balaban J connectivity index is 1.64. The first-order valence-electron chi connectivity index (χ1n) is 12.3. The van der Waals surface area contributed by atoms with Gasteiger partial charge in [0.15, 0.2) is 23.0 Å². The largest absolute Gasteiger partial charge is 0.504 e. The van der Waals surface area contributed by atoms with Crippen molar-refractivity contribution in [2.75, 3.05) is 18.8 Å². The minimum atomic E-state index is -1.16. The highest BCUT2D eigenvalue weighted by Gasteiger charge is 2.36. The van der Waals surface area contributed by atoms with Gasteiger partial charge < -0.3 is 24.6 Å². The summed E-state index contributed by atoms with van der Waals surface area (Å²) in [5.41, 5.74) is 1.49. The molecule has 2 amide bonds. The molecule has 0 unspecified atom stereocenters. The van der Waals surface area contributed by atoms with Crippen molar-refractivity contribution in [3.63, 3.8) is 0 Å². The van der Waals surface area contributed by atoms with Crippen LogP contribution >= 0.6 is 0 Å². The van der Waals surface area contributed by atoms with E-state index in [1.54, 1.807) is 36.4 Å². The van der Waals surface area contributed by atoms with Crippen molar-refractivity contribution in [3.05, 3.63) is 66.2 Å². The van der Waals surface area contributed by atoms with Crippen LogP contribution in [0.1, 0.15) is 32.4 Å². The molecule has 2 N–H and O–H groups in total. The second-order valence-corrected chi connectivity index (χ2v) is 10.1. The summed E-state index contributed by atoms with van der Waals surface area (Å²) in [5, 5.41) is 21.9. The molecular formula is C28H29N5O6. The van der Waals surface area contributed by atoms with E-state index in [2.05, 4.69) is 15.6 Å². The molecule has 5 rings (SSSR count). The maximum Gasteiger partial charge on any atom is 0.249 e. The summed E-state index contributed by atoms with van der Waals surface area (Å²) in [5.74, 6) is 0.179. The van der Waals surface area contributed by atoms with Crippen molar-refractivity contribution in [3.8, 4) is 23.0 Å². The van der Waals surface area contributed by atoms with Crippen LogP contribution in [0.25, 0.3) is 11.0 Å². The molecule has 202 valence electrons. The predicted molar refractivity (Wildman–Crippen MR) is 143 cm³/mol. The molecular weight excluding hydrogens is 502 g/mol. The number of phenolic OH excluding ortho intramolecular Hbond substituents is 1. The highest BCUT2D eigenvalue weighted by Crippen LogP contribution is 2.39. The van der Waals surface area contributed by atoms with Gasteiger partial charge >= 0.3 is 0 Å². The Bertz CT molecular complexity index is 1540. The van der Waals surface area contributed by atoms with Gasteiger partial charge in [0, 0.05) is 17.3 Å². The summed E-state index contributed by atoms with van der Waals surface area (Å²) >= 11 is 0. The number of anilines is 1. The number of fused-ring (bicyclic) bond motifs is 2. The number of aromatic nitrogens is 3. The van der Waals surface area contributed by atoms with Crippen molar-refractivity contribution >= 4 is 28.5 Å². The van der Waals surface area contributed by atoms with Crippen molar-refractivity contribution in [2.24, 2.45) is 0 Å². The number of methoxy groups -OCH3 is 1. The van der Waals surface area contributed by atoms with Crippen molar-refractivity contribution in [1.82, 2.24) is 20.3 Å². The van der Waals surface area contributed by atoms with Crippen molar-refractivity contribution in [2.45, 2.75) is 38.9 Å². The fourth-order valence-corrected chi connectivity index (χ4v) is 4.44. The van der Waals surface area contributed by atoms with Crippen LogP contribution in [0.3, 0.4) is 0 Å². The van der Waals surface area contributed by atoms with Crippen molar-refractivity contribution in [1.29, 1.82) is 0 Å². The molecule has 11 nitrogen and oxygen atoms in total. The first-order valence-corrected chi connectivity index (χ1v) is 12.3. The number of carbonyl (C=O) groups is 2. The summed E-state index contributed by atoms with van der Waals surface area (Å²) in [4.78, 5) is 29.4. The minimum absolute atomic E-state index is 0.0535. The molecule has 0 radical (unpaired) electrons. The molecule has 11 heteroatoms. The number of nitrogens with zero attached hydrogens (tertiary/aromatic N) is 4. The van der Waals surface area contributed by atoms with Crippen LogP contribution in [0, 0.1) is 0 Å². The number of rotatable bonds is 7. The van der Waals surface area contributed by atoms with Gasteiger partial charge in [-0.25, -0.2) is 4.68 Å². The number of hydrogen-bond acceptors (Lipinski definition) is 8. The van der Waals surface area contributed by atoms with Crippen LogP contribution in [0.2, 0.25) is 0 Å². The number of aromatic hydroxyl groups is 1. The highest BCUT2D eigenvalue weighted by molar-refractivity contribution is 6.02. The van der Waals surface area contributed by atoms with E-state index in [9.17, 15) is 14.7 Å². The first kappa shape index (κ1) is 25.8. The molecule has 4 aromatic rings. The van der Waals surface area contributed by atoms with Gasteiger partial charge in [-0.15, -0.1) is 5.10 Å². The summed E-state index contributed by atoms with van der Waals surface area (Å²) in [6.07, 6.45) is 0. The Morgan fingerprint density at radius 2 is 1.87 bits per heavy atom. The fourth-order valence-electron chi connectivity index (χ4n) is 4.44. The normalized spacial score (nSPS) is 13.2. The van der Waals surface area contributed by atoms with Crippen LogP contribution < -0.4 is 24.4 Å². The second kappa shape index (κ2) is 10.2. The molecule has 0 bridgehead atoms. The molecule has 0 saturated carbocycles. The summed E-state index contributed by atoms with van der Waals surface area (Å²) in [6, 6.07) is 15.8. The van der Waals surface area contributed by atoms with E-state index in [4.69, 9.17) is 14.2 Å². The van der Waals surface area contributed by atoms with Crippen LogP contribution in [0.15, 0.2) is 60.7 Å². The molecule has 1 aromatic heterocycles. The zero-order valence-electron chi connectivity index (χ0n) is 22.0. The van der Waals surface area contributed by atoms with E-state index in [1.165, 1.54) is 22.8 Å². The number of para-hydroxylation sites is 1. The van der Waals surface area contributed by atoms with Gasteiger partial charge in [0.05, 0.1) is 12.6 Å². The molecule has 1 atom stereocenters. The number of carbonyl (C=O) groups excluding carboxylic acids is 2. The molecule has 3 aromatic carbocycles. The molecule has 1 aliphatic rings. The first-order chi connectivity index (χ1) is 18.6. The SMILES string of the molecule is COc1ccc([C@H](C(=O)NC(C)(C)C)N(C(=O)Cn2nnc3ccccc32)c2ccc3c(c2)OCO3)cc1O. The zero-order chi connectivity index (χ0) is 27.7. The van der Waals surface area contributed by atoms with Gasteiger partial charge in [0.2, 0.25) is 18.6 Å². The van der Waals surface area contributed by atoms with E-state index in [0.717, 1.165) is 0 Å².